The largest absolute Gasteiger partial charge is 0.351 e. The van der Waals surface area contributed by atoms with Crippen LogP contribution in [0.3, 0.4) is 0 Å². The van der Waals surface area contributed by atoms with Crippen molar-refractivity contribution in [2.75, 3.05) is 6.54 Å². The Morgan fingerprint density at radius 3 is 3.00 bits per heavy atom. The first-order chi connectivity index (χ1) is 9.34. The number of hydrogen-bond donors (Lipinski definition) is 2. The third-order valence-corrected chi connectivity index (χ3v) is 5.02. The summed E-state index contributed by atoms with van der Waals surface area (Å²) in [5.74, 6) is 1.48. The molecule has 4 atom stereocenters. The molecule has 3 nitrogen and oxygen atoms in total. The van der Waals surface area contributed by atoms with E-state index in [4.69, 9.17) is 0 Å². The number of aryl methyl sites for hydroxylation is 1. The van der Waals surface area contributed by atoms with Gasteiger partial charge in [0.2, 0.25) is 5.91 Å². The minimum atomic E-state index is 0.0536. The molecule has 2 fully saturated rings. The van der Waals surface area contributed by atoms with E-state index in [0.717, 1.165) is 19.4 Å². The van der Waals surface area contributed by atoms with Gasteiger partial charge >= 0.3 is 0 Å². The number of amides is 1. The minimum Gasteiger partial charge on any atom is -0.351 e. The van der Waals surface area contributed by atoms with Crippen molar-refractivity contribution >= 4 is 5.91 Å². The average Bonchev–Trinajstić information content (AvgIpc) is 2.89. The number of hydrogen-bond acceptors (Lipinski definition) is 2. The highest BCUT2D eigenvalue weighted by Gasteiger charge is 2.54. The molecule has 0 aromatic heterocycles. The highest BCUT2D eigenvalue weighted by Crippen LogP contribution is 2.54. The van der Waals surface area contributed by atoms with E-state index in [0.29, 0.717) is 17.9 Å². The Morgan fingerprint density at radius 2 is 2.16 bits per heavy atom. The second kappa shape index (κ2) is 4.34. The molecule has 1 amide bonds. The molecular weight excluding hydrogens is 236 g/mol. The summed E-state index contributed by atoms with van der Waals surface area (Å²) in [5.41, 5.74) is 2.96. The van der Waals surface area contributed by atoms with Crippen molar-refractivity contribution in [2.45, 2.75) is 43.7 Å². The molecule has 1 saturated carbocycles. The van der Waals surface area contributed by atoms with Crippen LogP contribution >= 0.6 is 0 Å². The van der Waals surface area contributed by atoms with Gasteiger partial charge in [0, 0.05) is 12.0 Å². The molecule has 1 heterocycles. The molecule has 3 aliphatic rings. The highest BCUT2D eigenvalue weighted by atomic mass is 16.2. The molecule has 2 aliphatic carbocycles. The van der Waals surface area contributed by atoms with Crippen LogP contribution in [0.2, 0.25) is 0 Å². The van der Waals surface area contributed by atoms with Crippen molar-refractivity contribution < 1.29 is 4.79 Å². The monoisotopic (exact) mass is 256 g/mol. The Bertz CT molecular complexity index is 507. The third-order valence-electron chi connectivity index (χ3n) is 5.02. The molecule has 1 aliphatic heterocycles. The van der Waals surface area contributed by atoms with Gasteiger partial charge in [0.05, 0.1) is 6.04 Å². The van der Waals surface area contributed by atoms with E-state index < -0.39 is 0 Å². The molecule has 1 aromatic carbocycles. The van der Waals surface area contributed by atoms with E-state index >= 15 is 0 Å². The lowest BCUT2D eigenvalue weighted by atomic mass is 9.92. The number of carbonyl (C=O) groups excluding carboxylic acids is 1. The maximum atomic E-state index is 12.2. The Balaban J connectivity index is 1.47. The fourth-order valence-corrected chi connectivity index (χ4v) is 3.94. The predicted molar refractivity (Wildman–Crippen MR) is 73.9 cm³/mol. The number of rotatable bonds is 2. The summed E-state index contributed by atoms with van der Waals surface area (Å²) < 4.78 is 0. The second-order valence-corrected chi connectivity index (χ2v) is 6.11. The van der Waals surface area contributed by atoms with Gasteiger partial charge < -0.3 is 10.6 Å². The molecule has 0 unspecified atom stereocenters. The Morgan fingerprint density at radius 1 is 1.26 bits per heavy atom. The molecular formula is C16H20N2O. The molecule has 0 spiro atoms. The van der Waals surface area contributed by atoms with Crippen molar-refractivity contribution in [1.29, 1.82) is 0 Å². The second-order valence-electron chi connectivity index (χ2n) is 6.11. The first-order valence-corrected chi connectivity index (χ1v) is 7.46. The molecule has 4 rings (SSSR count). The van der Waals surface area contributed by atoms with Crippen molar-refractivity contribution in [2.24, 2.45) is 5.92 Å². The van der Waals surface area contributed by atoms with Crippen LogP contribution in [0.25, 0.3) is 0 Å². The number of carbonyl (C=O) groups is 1. The summed E-state index contributed by atoms with van der Waals surface area (Å²) >= 11 is 0. The highest BCUT2D eigenvalue weighted by molar-refractivity contribution is 5.83. The van der Waals surface area contributed by atoms with Gasteiger partial charge in [0.1, 0.15) is 0 Å². The maximum Gasteiger partial charge on any atom is 0.237 e. The molecule has 3 heteroatoms. The smallest absolute Gasteiger partial charge is 0.237 e. The fourth-order valence-electron chi connectivity index (χ4n) is 3.94. The predicted octanol–water partition coefficient (Wildman–Crippen LogP) is 1.58. The summed E-state index contributed by atoms with van der Waals surface area (Å²) in [6.07, 6.45) is 4.51. The van der Waals surface area contributed by atoms with E-state index in [1.807, 2.05) is 0 Å². The molecule has 2 N–H and O–H groups in total. The number of fused-ring (bicyclic) bond motifs is 3. The first kappa shape index (κ1) is 11.5. The molecule has 19 heavy (non-hydrogen) atoms. The van der Waals surface area contributed by atoms with Gasteiger partial charge in [-0.1, -0.05) is 24.3 Å². The van der Waals surface area contributed by atoms with E-state index in [-0.39, 0.29) is 11.9 Å². The number of benzene rings is 1. The Hall–Kier alpha value is -1.35. The Kier molecular flexibility index (Phi) is 2.62. The fraction of sp³-hybridized carbons (Fsp3) is 0.562. The van der Waals surface area contributed by atoms with Gasteiger partial charge in [-0.15, -0.1) is 0 Å². The van der Waals surface area contributed by atoms with Crippen LogP contribution in [0.5, 0.6) is 0 Å². The Labute approximate surface area is 113 Å². The van der Waals surface area contributed by atoms with Gasteiger partial charge in [0.15, 0.2) is 0 Å². The van der Waals surface area contributed by atoms with Gasteiger partial charge in [-0.2, -0.15) is 0 Å². The summed E-state index contributed by atoms with van der Waals surface area (Å²) in [7, 11) is 0. The topological polar surface area (TPSA) is 41.1 Å². The number of nitrogens with one attached hydrogen (secondary N) is 2. The average molecular weight is 256 g/mol. The summed E-state index contributed by atoms with van der Waals surface area (Å²) in [4.78, 5) is 12.2. The summed E-state index contributed by atoms with van der Waals surface area (Å²) in [6.45, 7) is 0.985. The lowest BCUT2D eigenvalue weighted by Gasteiger charge is -2.13. The van der Waals surface area contributed by atoms with Gasteiger partial charge in [-0.05, 0) is 49.3 Å². The van der Waals surface area contributed by atoms with E-state index in [1.54, 1.807) is 0 Å². The summed E-state index contributed by atoms with van der Waals surface area (Å²) in [5, 5.41) is 6.56. The lowest BCUT2D eigenvalue weighted by Crippen LogP contribution is -2.42. The minimum absolute atomic E-state index is 0.0536. The van der Waals surface area contributed by atoms with Crippen LogP contribution < -0.4 is 10.6 Å². The standard InChI is InChI=1S/C16H20N2O/c19-16(13-6-3-9-17-13)18-15-12-8-7-10-4-1-2-5-11(10)14(12)15/h1-2,4-5,12-15,17H,3,6-9H2,(H,18,19)/t12-,13-,14+,15-/m1/s1. The molecule has 0 bridgehead atoms. The van der Waals surface area contributed by atoms with Crippen LogP contribution in [0.15, 0.2) is 24.3 Å². The van der Waals surface area contributed by atoms with E-state index in [2.05, 4.69) is 34.9 Å². The van der Waals surface area contributed by atoms with Crippen molar-refractivity contribution in [3.63, 3.8) is 0 Å². The van der Waals surface area contributed by atoms with E-state index in [1.165, 1.54) is 24.0 Å². The summed E-state index contributed by atoms with van der Waals surface area (Å²) in [6, 6.07) is 9.17. The van der Waals surface area contributed by atoms with E-state index in [9.17, 15) is 4.79 Å². The van der Waals surface area contributed by atoms with Crippen LogP contribution in [0.1, 0.15) is 36.3 Å². The SMILES string of the molecule is O=C(N[C@@H]1[C@@H]2CCc3ccccc3[C@@H]21)[C@H]1CCCN1. The van der Waals surface area contributed by atoms with Crippen LogP contribution in [0.4, 0.5) is 0 Å². The van der Waals surface area contributed by atoms with Gasteiger partial charge in [-0.25, -0.2) is 0 Å². The zero-order chi connectivity index (χ0) is 12.8. The molecule has 100 valence electrons. The maximum absolute atomic E-state index is 12.2. The third kappa shape index (κ3) is 1.88. The zero-order valence-electron chi connectivity index (χ0n) is 11.1. The van der Waals surface area contributed by atoms with Crippen molar-refractivity contribution in [3.05, 3.63) is 35.4 Å². The van der Waals surface area contributed by atoms with Gasteiger partial charge in [0.25, 0.3) is 0 Å². The van der Waals surface area contributed by atoms with Crippen molar-refractivity contribution in [1.82, 2.24) is 10.6 Å². The first-order valence-electron chi connectivity index (χ1n) is 7.46. The molecule has 1 saturated heterocycles. The van der Waals surface area contributed by atoms with Crippen LogP contribution in [-0.4, -0.2) is 24.5 Å². The quantitative estimate of drug-likeness (QED) is 0.843. The van der Waals surface area contributed by atoms with Crippen LogP contribution in [-0.2, 0) is 11.2 Å². The zero-order valence-corrected chi connectivity index (χ0v) is 11.1. The normalized spacial score (nSPS) is 35.4. The van der Waals surface area contributed by atoms with Crippen molar-refractivity contribution in [3.8, 4) is 0 Å². The molecule has 1 aromatic rings. The van der Waals surface area contributed by atoms with Gasteiger partial charge in [-0.3, -0.25) is 4.79 Å². The van der Waals surface area contributed by atoms with Crippen LogP contribution in [0, 0.1) is 5.92 Å². The lowest BCUT2D eigenvalue weighted by molar-refractivity contribution is -0.123. The molecule has 0 radical (unpaired) electrons.